The van der Waals surface area contributed by atoms with E-state index in [1.54, 1.807) is 41.1 Å². The molecule has 2 aromatic carbocycles. The summed E-state index contributed by atoms with van der Waals surface area (Å²) in [5.74, 6) is 0.802. The average molecular weight is 377 g/mol. The number of aryl methyl sites for hydroxylation is 1. The van der Waals surface area contributed by atoms with Crippen LogP contribution in [0.15, 0.2) is 59.0 Å². The Kier molecular flexibility index (Phi) is 5.56. The van der Waals surface area contributed by atoms with E-state index in [1.807, 2.05) is 6.07 Å². The predicted molar refractivity (Wildman–Crippen MR) is 100 cm³/mol. The normalized spacial score (nSPS) is 11.3. The molecule has 0 aliphatic heterocycles. The Balaban J connectivity index is 1.70. The summed E-state index contributed by atoms with van der Waals surface area (Å²) in [7, 11) is 0. The highest BCUT2D eigenvalue weighted by atomic mass is 35.5. The molecule has 3 aromatic rings. The third-order valence-corrected chi connectivity index (χ3v) is 4.84. The van der Waals surface area contributed by atoms with Gasteiger partial charge in [0.15, 0.2) is 0 Å². The lowest BCUT2D eigenvalue weighted by Crippen LogP contribution is -1.93. The van der Waals surface area contributed by atoms with Crippen LogP contribution in [0.4, 0.5) is 0 Å². The van der Waals surface area contributed by atoms with E-state index in [2.05, 4.69) is 46.5 Å². The summed E-state index contributed by atoms with van der Waals surface area (Å²) in [6, 6.07) is 13.7. The van der Waals surface area contributed by atoms with E-state index in [9.17, 15) is 0 Å². The molecular formula is C17H14Cl2N4S. The van der Waals surface area contributed by atoms with E-state index in [0.29, 0.717) is 10.0 Å². The van der Waals surface area contributed by atoms with Crippen LogP contribution in [0.3, 0.4) is 0 Å². The monoisotopic (exact) mass is 376 g/mol. The van der Waals surface area contributed by atoms with Gasteiger partial charge in [-0.2, -0.15) is 9.78 Å². The summed E-state index contributed by atoms with van der Waals surface area (Å²) in [4.78, 5) is 0. The molecule has 122 valence electrons. The lowest BCUT2D eigenvalue weighted by Gasteiger charge is -2.02. The van der Waals surface area contributed by atoms with Gasteiger partial charge in [0, 0.05) is 16.3 Å². The Morgan fingerprint density at radius 3 is 2.71 bits per heavy atom. The number of nitrogens with zero attached hydrogens (tertiary/aromatic N) is 4. The predicted octanol–water partition coefficient (Wildman–Crippen LogP) is 5.07. The summed E-state index contributed by atoms with van der Waals surface area (Å²) in [6.45, 7) is 2.07. The van der Waals surface area contributed by atoms with E-state index in [4.69, 9.17) is 23.2 Å². The maximum absolute atomic E-state index is 6.14. The van der Waals surface area contributed by atoms with Crippen molar-refractivity contribution in [2.75, 3.05) is 0 Å². The second kappa shape index (κ2) is 7.83. The Labute approximate surface area is 154 Å². The van der Waals surface area contributed by atoms with Crippen molar-refractivity contribution in [2.24, 2.45) is 5.10 Å². The summed E-state index contributed by atoms with van der Waals surface area (Å²) in [5, 5.41) is 14.3. The maximum atomic E-state index is 6.14. The van der Waals surface area contributed by atoms with E-state index in [0.717, 1.165) is 16.5 Å². The molecule has 0 spiro atoms. The van der Waals surface area contributed by atoms with Crippen molar-refractivity contribution in [1.82, 2.24) is 14.9 Å². The first kappa shape index (κ1) is 17.0. The molecular weight excluding hydrogens is 363 g/mol. The Bertz CT molecular complexity index is 859. The van der Waals surface area contributed by atoms with Gasteiger partial charge in [0.25, 0.3) is 0 Å². The van der Waals surface area contributed by atoms with Gasteiger partial charge in [-0.05, 0) is 24.6 Å². The summed E-state index contributed by atoms with van der Waals surface area (Å²) in [6.07, 6.45) is 3.23. The van der Waals surface area contributed by atoms with E-state index < -0.39 is 0 Å². The Hall–Kier alpha value is -1.82. The second-order valence-corrected chi connectivity index (χ2v) is 6.93. The van der Waals surface area contributed by atoms with Crippen LogP contribution in [-0.4, -0.2) is 21.1 Å². The van der Waals surface area contributed by atoms with Gasteiger partial charge in [-0.1, -0.05) is 70.9 Å². The largest absolute Gasteiger partial charge is 0.212 e. The molecule has 0 bridgehead atoms. The van der Waals surface area contributed by atoms with Crippen LogP contribution in [0.1, 0.15) is 16.7 Å². The first-order valence-corrected chi connectivity index (χ1v) is 8.94. The molecule has 1 aromatic heterocycles. The molecule has 0 N–H and O–H groups in total. The van der Waals surface area contributed by atoms with Crippen molar-refractivity contribution in [3.63, 3.8) is 0 Å². The zero-order valence-corrected chi connectivity index (χ0v) is 15.2. The fraction of sp³-hybridized carbons (Fsp3) is 0.118. The van der Waals surface area contributed by atoms with E-state index in [-0.39, 0.29) is 0 Å². The van der Waals surface area contributed by atoms with Crippen molar-refractivity contribution in [1.29, 1.82) is 0 Å². The van der Waals surface area contributed by atoms with Crippen molar-refractivity contribution in [2.45, 2.75) is 17.8 Å². The number of halogens is 2. The molecule has 0 amide bonds. The quantitative estimate of drug-likeness (QED) is 0.461. The number of aromatic nitrogens is 3. The molecule has 0 fully saturated rings. The molecule has 0 radical (unpaired) electrons. The zero-order valence-electron chi connectivity index (χ0n) is 12.9. The third-order valence-electron chi connectivity index (χ3n) is 3.27. The van der Waals surface area contributed by atoms with E-state index in [1.165, 1.54) is 11.1 Å². The minimum absolute atomic E-state index is 0.549. The van der Waals surface area contributed by atoms with Crippen LogP contribution < -0.4 is 0 Å². The van der Waals surface area contributed by atoms with Gasteiger partial charge in [0.05, 0.1) is 11.2 Å². The second-order valence-electron chi connectivity index (χ2n) is 5.14. The average Bonchev–Trinajstić information content (AvgIpc) is 3.01. The summed E-state index contributed by atoms with van der Waals surface area (Å²) in [5.41, 5.74) is 3.26. The van der Waals surface area contributed by atoms with Gasteiger partial charge in [-0.15, -0.1) is 10.2 Å². The molecule has 0 aliphatic rings. The molecule has 0 unspecified atom stereocenters. The molecule has 3 rings (SSSR count). The lowest BCUT2D eigenvalue weighted by atomic mass is 10.2. The van der Waals surface area contributed by atoms with Gasteiger partial charge in [-0.3, -0.25) is 0 Å². The molecule has 24 heavy (non-hydrogen) atoms. The SMILES string of the molecule is Cc1ccc(CSc2nncn2/N=C/c2ccc(Cl)cc2Cl)cc1. The maximum Gasteiger partial charge on any atom is 0.212 e. The van der Waals surface area contributed by atoms with Crippen LogP contribution >= 0.6 is 35.0 Å². The number of hydrogen-bond donors (Lipinski definition) is 0. The van der Waals surface area contributed by atoms with Gasteiger partial charge in [0.1, 0.15) is 6.33 Å². The summed E-state index contributed by atoms with van der Waals surface area (Å²) < 4.78 is 1.63. The van der Waals surface area contributed by atoms with Crippen LogP contribution in [0.25, 0.3) is 0 Å². The lowest BCUT2D eigenvalue weighted by molar-refractivity contribution is 0.767. The van der Waals surface area contributed by atoms with Crippen molar-refractivity contribution in [3.8, 4) is 0 Å². The molecule has 0 saturated carbocycles. The highest BCUT2D eigenvalue weighted by Gasteiger charge is 2.05. The number of benzene rings is 2. The van der Waals surface area contributed by atoms with E-state index >= 15 is 0 Å². The highest BCUT2D eigenvalue weighted by molar-refractivity contribution is 7.98. The number of thioether (sulfide) groups is 1. The molecule has 0 aliphatic carbocycles. The van der Waals surface area contributed by atoms with Gasteiger partial charge in [-0.25, -0.2) is 0 Å². The molecule has 7 heteroatoms. The van der Waals surface area contributed by atoms with Crippen LogP contribution in [0, 0.1) is 6.92 Å². The third kappa shape index (κ3) is 4.38. The van der Waals surface area contributed by atoms with Gasteiger partial charge < -0.3 is 0 Å². The molecule has 0 atom stereocenters. The minimum Gasteiger partial charge on any atom is -0.195 e. The van der Waals surface area contributed by atoms with Gasteiger partial charge >= 0.3 is 0 Å². The highest BCUT2D eigenvalue weighted by Crippen LogP contribution is 2.22. The molecule has 0 saturated heterocycles. The fourth-order valence-corrected chi connectivity index (χ4v) is 3.23. The van der Waals surface area contributed by atoms with Crippen LogP contribution in [0.2, 0.25) is 10.0 Å². The molecule has 1 heterocycles. The fourth-order valence-electron chi connectivity index (χ4n) is 1.96. The number of hydrogen-bond acceptors (Lipinski definition) is 4. The van der Waals surface area contributed by atoms with Crippen molar-refractivity contribution < 1.29 is 0 Å². The van der Waals surface area contributed by atoms with Crippen LogP contribution in [-0.2, 0) is 5.75 Å². The zero-order chi connectivity index (χ0) is 16.9. The summed E-state index contributed by atoms with van der Waals surface area (Å²) >= 11 is 13.6. The number of rotatable bonds is 5. The first-order chi connectivity index (χ1) is 11.6. The Morgan fingerprint density at radius 1 is 1.17 bits per heavy atom. The van der Waals surface area contributed by atoms with Crippen molar-refractivity contribution in [3.05, 3.63) is 75.5 Å². The topological polar surface area (TPSA) is 43.1 Å². The first-order valence-electron chi connectivity index (χ1n) is 7.19. The van der Waals surface area contributed by atoms with Crippen molar-refractivity contribution >= 4 is 41.2 Å². The smallest absolute Gasteiger partial charge is 0.195 e. The molecule has 4 nitrogen and oxygen atoms in total. The Morgan fingerprint density at radius 2 is 1.96 bits per heavy atom. The van der Waals surface area contributed by atoms with Gasteiger partial charge in [0.2, 0.25) is 5.16 Å². The van der Waals surface area contributed by atoms with Crippen LogP contribution in [0.5, 0.6) is 0 Å². The standard InChI is InChI=1S/C17H14Cl2N4S/c1-12-2-4-13(5-3-12)10-24-17-22-20-11-23(17)21-9-14-6-7-15(18)8-16(14)19/h2-9,11H,10H2,1H3/b21-9+. The minimum atomic E-state index is 0.549.